The van der Waals surface area contributed by atoms with Gasteiger partial charge in [0, 0.05) is 0 Å². The molecule has 0 saturated heterocycles. The summed E-state index contributed by atoms with van der Waals surface area (Å²) in [6.45, 7) is 5.70. The summed E-state index contributed by atoms with van der Waals surface area (Å²) in [4.78, 5) is 0. The maximum atomic E-state index is 12.9. The molecule has 0 saturated carbocycles. The number of benzene rings is 1. The summed E-state index contributed by atoms with van der Waals surface area (Å²) in [5.41, 5.74) is 0.806. The summed E-state index contributed by atoms with van der Waals surface area (Å²) in [7, 11) is 0. The van der Waals surface area contributed by atoms with Crippen LogP contribution in [0.25, 0.3) is 0 Å². The summed E-state index contributed by atoms with van der Waals surface area (Å²) in [5.74, 6) is 0.469. The molecule has 0 spiro atoms. The molecule has 0 atom stereocenters. The number of halogens is 2. The molecule has 1 rings (SSSR count). The van der Waals surface area contributed by atoms with Crippen molar-refractivity contribution in [1.82, 2.24) is 0 Å². The summed E-state index contributed by atoms with van der Waals surface area (Å²) in [6, 6.07) is 2.87. The van der Waals surface area contributed by atoms with Crippen LogP contribution in [-0.2, 0) is 0 Å². The van der Waals surface area contributed by atoms with E-state index in [4.69, 9.17) is 4.74 Å². The molecule has 0 aromatic heterocycles. The lowest BCUT2D eigenvalue weighted by atomic mass is 10.2. The topological polar surface area (TPSA) is 9.23 Å². The van der Waals surface area contributed by atoms with Gasteiger partial charge in [0.15, 0.2) is 0 Å². The number of hydrogen-bond acceptors (Lipinski definition) is 1. The van der Waals surface area contributed by atoms with Crippen LogP contribution in [-0.4, -0.2) is 6.10 Å². The van der Waals surface area contributed by atoms with Crippen LogP contribution >= 0.6 is 15.9 Å². The molecule has 0 N–H and O–H groups in total. The molecule has 0 aliphatic heterocycles. The minimum Gasteiger partial charge on any atom is -0.490 e. The quantitative estimate of drug-likeness (QED) is 0.774. The van der Waals surface area contributed by atoms with Crippen molar-refractivity contribution in [2.45, 2.75) is 26.9 Å². The van der Waals surface area contributed by atoms with Gasteiger partial charge in [0.25, 0.3) is 0 Å². The van der Waals surface area contributed by atoms with Gasteiger partial charge in [-0.25, -0.2) is 4.39 Å². The predicted molar refractivity (Wildman–Crippen MR) is 54.6 cm³/mol. The highest BCUT2D eigenvalue weighted by molar-refractivity contribution is 9.10. The molecule has 0 aliphatic carbocycles. The molecule has 1 nitrogen and oxygen atoms in total. The third-order valence-corrected chi connectivity index (χ3v) is 2.14. The van der Waals surface area contributed by atoms with E-state index in [1.54, 1.807) is 0 Å². The van der Waals surface area contributed by atoms with Crippen LogP contribution in [0.2, 0.25) is 0 Å². The maximum absolute atomic E-state index is 12.9. The van der Waals surface area contributed by atoms with Crippen LogP contribution in [0, 0.1) is 12.7 Å². The largest absolute Gasteiger partial charge is 0.490 e. The summed E-state index contributed by atoms with van der Waals surface area (Å²) >= 11 is 3.26. The number of rotatable bonds is 2. The Bertz CT molecular complexity index is 287. The molecule has 3 heteroatoms. The molecular formula is C10H12BrFO. The lowest BCUT2D eigenvalue weighted by Gasteiger charge is -2.13. The molecule has 72 valence electrons. The smallest absolute Gasteiger partial charge is 0.136 e. The van der Waals surface area contributed by atoms with Crippen LogP contribution in [0.3, 0.4) is 0 Å². The van der Waals surface area contributed by atoms with Crippen molar-refractivity contribution in [1.29, 1.82) is 0 Å². The molecule has 0 unspecified atom stereocenters. The van der Waals surface area contributed by atoms with Crippen molar-refractivity contribution in [2.24, 2.45) is 0 Å². The fraction of sp³-hybridized carbons (Fsp3) is 0.400. The third-order valence-electron chi connectivity index (χ3n) is 1.55. The second-order valence-electron chi connectivity index (χ2n) is 3.20. The van der Waals surface area contributed by atoms with E-state index >= 15 is 0 Å². The first-order chi connectivity index (χ1) is 6.00. The Morgan fingerprint density at radius 2 is 2.00 bits per heavy atom. The standard InChI is InChI=1S/C10H12BrFO/c1-6(2)13-10-7(3)4-8(12)5-9(10)11/h4-6H,1-3H3. The van der Waals surface area contributed by atoms with E-state index < -0.39 is 0 Å². The first-order valence-corrected chi connectivity index (χ1v) is 4.92. The van der Waals surface area contributed by atoms with E-state index in [0.29, 0.717) is 4.47 Å². The van der Waals surface area contributed by atoms with Gasteiger partial charge in [-0.3, -0.25) is 0 Å². The number of ether oxygens (including phenoxy) is 1. The first-order valence-electron chi connectivity index (χ1n) is 4.13. The van der Waals surface area contributed by atoms with E-state index in [2.05, 4.69) is 15.9 Å². The van der Waals surface area contributed by atoms with Gasteiger partial charge < -0.3 is 4.74 Å². The van der Waals surface area contributed by atoms with Gasteiger partial charge >= 0.3 is 0 Å². The minimum absolute atomic E-state index is 0.0976. The van der Waals surface area contributed by atoms with E-state index in [0.717, 1.165) is 11.3 Å². The predicted octanol–water partition coefficient (Wildman–Crippen LogP) is 3.68. The van der Waals surface area contributed by atoms with Crippen LogP contribution in [0.15, 0.2) is 16.6 Å². The van der Waals surface area contributed by atoms with Crippen molar-refractivity contribution < 1.29 is 9.13 Å². The molecule has 0 amide bonds. The summed E-state index contributed by atoms with van der Waals surface area (Å²) < 4.78 is 19.0. The summed E-state index contributed by atoms with van der Waals surface area (Å²) in [6.07, 6.45) is 0.0976. The lowest BCUT2D eigenvalue weighted by molar-refractivity contribution is 0.239. The zero-order chi connectivity index (χ0) is 10.0. The molecule has 1 aromatic carbocycles. The van der Waals surface area contributed by atoms with Gasteiger partial charge in [-0.15, -0.1) is 0 Å². The van der Waals surface area contributed by atoms with Crippen molar-refractivity contribution in [3.05, 3.63) is 28.0 Å². The Labute approximate surface area is 86.0 Å². The maximum Gasteiger partial charge on any atom is 0.136 e. The zero-order valence-corrected chi connectivity index (χ0v) is 9.48. The van der Waals surface area contributed by atoms with E-state index in [1.807, 2.05) is 20.8 Å². The molecule has 1 aromatic rings. The van der Waals surface area contributed by atoms with E-state index in [9.17, 15) is 4.39 Å². The molecular weight excluding hydrogens is 235 g/mol. The monoisotopic (exact) mass is 246 g/mol. The van der Waals surface area contributed by atoms with Crippen molar-refractivity contribution in [2.75, 3.05) is 0 Å². The van der Waals surface area contributed by atoms with Gasteiger partial charge in [0.1, 0.15) is 11.6 Å². The SMILES string of the molecule is Cc1cc(F)cc(Br)c1OC(C)C. The third kappa shape index (κ3) is 2.69. The molecule has 0 fully saturated rings. The highest BCUT2D eigenvalue weighted by Crippen LogP contribution is 2.30. The number of hydrogen-bond donors (Lipinski definition) is 0. The van der Waals surface area contributed by atoms with Gasteiger partial charge in [-0.1, -0.05) is 0 Å². The molecule has 13 heavy (non-hydrogen) atoms. The highest BCUT2D eigenvalue weighted by atomic mass is 79.9. The van der Waals surface area contributed by atoms with Crippen molar-refractivity contribution >= 4 is 15.9 Å². The van der Waals surface area contributed by atoms with Crippen LogP contribution in [0.1, 0.15) is 19.4 Å². The molecule has 0 radical (unpaired) electrons. The van der Waals surface area contributed by atoms with E-state index in [1.165, 1.54) is 12.1 Å². The van der Waals surface area contributed by atoms with Crippen LogP contribution in [0.4, 0.5) is 4.39 Å². The second-order valence-corrected chi connectivity index (χ2v) is 4.05. The average molecular weight is 247 g/mol. The van der Waals surface area contributed by atoms with Crippen molar-refractivity contribution in [3.63, 3.8) is 0 Å². The minimum atomic E-state index is -0.250. The van der Waals surface area contributed by atoms with Crippen LogP contribution < -0.4 is 4.74 Å². The lowest BCUT2D eigenvalue weighted by Crippen LogP contribution is -2.07. The van der Waals surface area contributed by atoms with Gasteiger partial charge in [0.2, 0.25) is 0 Å². The Morgan fingerprint density at radius 1 is 1.38 bits per heavy atom. The first kappa shape index (κ1) is 10.5. The molecule has 0 heterocycles. The van der Waals surface area contributed by atoms with Crippen LogP contribution in [0.5, 0.6) is 5.75 Å². The average Bonchev–Trinajstić information content (AvgIpc) is 1.96. The molecule has 0 bridgehead atoms. The zero-order valence-electron chi connectivity index (χ0n) is 7.90. The van der Waals surface area contributed by atoms with Gasteiger partial charge in [-0.2, -0.15) is 0 Å². The Balaban J connectivity index is 3.06. The second kappa shape index (κ2) is 4.09. The highest BCUT2D eigenvalue weighted by Gasteiger charge is 2.08. The Hall–Kier alpha value is -0.570. The van der Waals surface area contributed by atoms with Gasteiger partial charge in [-0.05, 0) is 54.4 Å². The Kier molecular flexibility index (Phi) is 3.31. The fourth-order valence-corrected chi connectivity index (χ4v) is 1.70. The van der Waals surface area contributed by atoms with Gasteiger partial charge in [0.05, 0.1) is 10.6 Å². The van der Waals surface area contributed by atoms with E-state index in [-0.39, 0.29) is 11.9 Å². The Morgan fingerprint density at radius 3 is 2.46 bits per heavy atom. The van der Waals surface area contributed by atoms with Crippen molar-refractivity contribution in [3.8, 4) is 5.75 Å². The molecule has 0 aliphatic rings. The summed E-state index contributed by atoms with van der Waals surface area (Å²) in [5, 5.41) is 0. The fourth-order valence-electron chi connectivity index (χ4n) is 1.07. The number of aryl methyl sites for hydroxylation is 1. The normalized spacial score (nSPS) is 10.6.